The number of aryl methyl sites for hydroxylation is 2. The summed E-state index contributed by atoms with van der Waals surface area (Å²) in [6, 6.07) is 17.9. The predicted octanol–water partition coefficient (Wildman–Crippen LogP) is 3.50. The van der Waals surface area contributed by atoms with Gasteiger partial charge in [0.15, 0.2) is 0 Å². The summed E-state index contributed by atoms with van der Waals surface area (Å²) >= 11 is 3.44. The van der Waals surface area contributed by atoms with Crippen molar-refractivity contribution in [1.82, 2.24) is 14.8 Å². The van der Waals surface area contributed by atoms with E-state index in [4.69, 9.17) is 0 Å². The van der Waals surface area contributed by atoms with Gasteiger partial charge in [-0.1, -0.05) is 46.3 Å². The molecule has 0 unspecified atom stereocenters. The molecular formula is C17H16BrN3O. The van der Waals surface area contributed by atoms with E-state index in [1.807, 2.05) is 42.5 Å². The lowest BCUT2D eigenvalue weighted by Crippen LogP contribution is -2.16. The molecule has 112 valence electrons. The van der Waals surface area contributed by atoms with Gasteiger partial charge < -0.3 is 0 Å². The van der Waals surface area contributed by atoms with Crippen LogP contribution in [-0.2, 0) is 12.8 Å². The van der Waals surface area contributed by atoms with Crippen molar-refractivity contribution in [3.8, 4) is 5.69 Å². The van der Waals surface area contributed by atoms with Gasteiger partial charge in [0.2, 0.25) is 0 Å². The first kappa shape index (κ1) is 14.8. The minimum atomic E-state index is -0.190. The highest BCUT2D eigenvalue weighted by Crippen LogP contribution is 2.13. The van der Waals surface area contributed by atoms with E-state index < -0.39 is 0 Å². The summed E-state index contributed by atoms with van der Waals surface area (Å²) in [5.74, 6) is 0.772. The van der Waals surface area contributed by atoms with Crippen LogP contribution >= 0.6 is 15.9 Å². The molecule has 22 heavy (non-hydrogen) atoms. The number of aromatic amines is 1. The van der Waals surface area contributed by atoms with E-state index in [1.54, 1.807) is 4.57 Å². The van der Waals surface area contributed by atoms with Gasteiger partial charge in [0.25, 0.3) is 0 Å². The van der Waals surface area contributed by atoms with Crippen molar-refractivity contribution in [1.29, 1.82) is 0 Å². The fraction of sp³-hybridized carbons (Fsp3) is 0.176. The smallest absolute Gasteiger partial charge is 0.247 e. The Kier molecular flexibility index (Phi) is 4.53. The Hall–Kier alpha value is -2.14. The van der Waals surface area contributed by atoms with E-state index in [-0.39, 0.29) is 5.69 Å². The molecule has 1 N–H and O–H groups in total. The highest BCUT2D eigenvalue weighted by atomic mass is 79.9. The molecule has 0 aliphatic rings. The van der Waals surface area contributed by atoms with E-state index in [9.17, 15) is 4.79 Å². The Balaban J connectivity index is 1.71. The lowest BCUT2D eigenvalue weighted by molar-refractivity contribution is 0.748. The average Bonchev–Trinajstić information content (AvgIpc) is 2.91. The van der Waals surface area contributed by atoms with Gasteiger partial charge in [-0.05, 0) is 42.7 Å². The van der Waals surface area contributed by atoms with Gasteiger partial charge in [0.1, 0.15) is 5.82 Å². The average molecular weight is 358 g/mol. The molecule has 5 heteroatoms. The molecule has 0 radical (unpaired) electrons. The third-order valence-electron chi connectivity index (χ3n) is 3.54. The van der Waals surface area contributed by atoms with Crippen LogP contribution in [0.2, 0.25) is 0 Å². The lowest BCUT2D eigenvalue weighted by Gasteiger charge is -2.05. The zero-order valence-electron chi connectivity index (χ0n) is 12.0. The molecule has 3 rings (SSSR count). The molecule has 3 aromatic rings. The van der Waals surface area contributed by atoms with E-state index in [0.717, 1.165) is 35.2 Å². The maximum Gasteiger partial charge on any atom is 0.347 e. The molecule has 0 spiro atoms. The van der Waals surface area contributed by atoms with Crippen LogP contribution in [0.5, 0.6) is 0 Å². The quantitative estimate of drug-likeness (QED) is 0.759. The second-order valence-corrected chi connectivity index (χ2v) is 6.01. The van der Waals surface area contributed by atoms with E-state index in [2.05, 4.69) is 38.3 Å². The van der Waals surface area contributed by atoms with Crippen molar-refractivity contribution in [2.45, 2.75) is 19.3 Å². The van der Waals surface area contributed by atoms with E-state index in [0.29, 0.717) is 0 Å². The summed E-state index contributed by atoms with van der Waals surface area (Å²) in [4.78, 5) is 12.0. The SMILES string of the molecule is O=c1[nH]nc(CCCc2ccc(Br)cc2)n1-c1ccccc1. The van der Waals surface area contributed by atoms with E-state index >= 15 is 0 Å². The largest absolute Gasteiger partial charge is 0.347 e. The number of rotatable bonds is 5. The summed E-state index contributed by atoms with van der Waals surface area (Å²) in [5.41, 5.74) is 1.94. The van der Waals surface area contributed by atoms with Crippen molar-refractivity contribution in [2.75, 3.05) is 0 Å². The third-order valence-corrected chi connectivity index (χ3v) is 4.06. The molecule has 2 aromatic carbocycles. The molecule has 0 saturated carbocycles. The van der Waals surface area contributed by atoms with Crippen LogP contribution in [0.15, 0.2) is 63.9 Å². The molecule has 0 saturated heterocycles. The highest BCUT2D eigenvalue weighted by molar-refractivity contribution is 9.10. The van der Waals surface area contributed by atoms with Crippen LogP contribution in [-0.4, -0.2) is 14.8 Å². The standard InChI is InChI=1S/C17H16BrN3O/c18-14-11-9-13(10-12-14)5-4-8-16-19-20-17(22)21(16)15-6-2-1-3-7-15/h1-3,6-7,9-12H,4-5,8H2,(H,20,22). The van der Waals surface area contributed by atoms with Crippen LogP contribution < -0.4 is 5.69 Å². The molecule has 0 aliphatic carbocycles. The number of nitrogens with zero attached hydrogens (tertiary/aromatic N) is 2. The maximum atomic E-state index is 12.0. The number of halogens is 1. The maximum absolute atomic E-state index is 12.0. The van der Waals surface area contributed by atoms with Crippen molar-refractivity contribution in [3.05, 3.63) is 80.9 Å². The lowest BCUT2D eigenvalue weighted by atomic mass is 10.1. The first-order chi connectivity index (χ1) is 10.7. The van der Waals surface area contributed by atoms with Gasteiger partial charge in [-0.15, -0.1) is 0 Å². The summed E-state index contributed by atoms with van der Waals surface area (Å²) in [6.07, 6.45) is 2.66. The second-order valence-electron chi connectivity index (χ2n) is 5.10. The Morgan fingerprint density at radius 3 is 2.45 bits per heavy atom. The predicted molar refractivity (Wildman–Crippen MR) is 90.4 cm³/mol. The van der Waals surface area contributed by atoms with Crippen molar-refractivity contribution in [2.24, 2.45) is 0 Å². The fourth-order valence-electron chi connectivity index (χ4n) is 2.44. The summed E-state index contributed by atoms with van der Waals surface area (Å²) in [6.45, 7) is 0. The molecule has 0 fully saturated rings. The van der Waals surface area contributed by atoms with Crippen molar-refractivity contribution >= 4 is 15.9 Å². The van der Waals surface area contributed by atoms with Gasteiger partial charge in [0.05, 0.1) is 5.69 Å². The first-order valence-corrected chi connectivity index (χ1v) is 7.99. The minimum absolute atomic E-state index is 0.190. The third kappa shape index (κ3) is 3.36. The van der Waals surface area contributed by atoms with Crippen LogP contribution in [0.25, 0.3) is 5.69 Å². The van der Waals surface area contributed by atoms with Crippen LogP contribution in [0.1, 0.15) is 17.8 Å². The molecule has 0 aliphatic heterocycles. The van der Waals surface area contributed by atoms with Gasteiger partial charge in [-0.2, -0.15) is 5.10 Å². The fourth-order valence-corrected chi connectivity index (χ4v) is 2.71. The Morgan fingerprint density at radius 2 is 1.73 bits per heavy atom. The number of hydrogen-bond acceptors (Lipinski definition) is 2. The highest BCUT2D eigenvalue weighted by Gasteiger charge is 2.09. The number of nitrogens with one attached hydrogen (secondary N) is 1. The van der Waals surface area contributed by atoms with Crippen LogP contribution in [0.3, 0.4) is 0 Å². The number of para-hydroxylation sites is 1. The summed E-state index contributed by atoms with van der Waals surface area (Å²) in [5, 5.41) is 6.70. The van der Waals surface area contributed by atoms with Gasteiger partial charge in [-0.3, -0.25) is 0 Å². The number of hydrogen-bond donors (Lipinski definition) is 1. The van der Waals surface area contributed by atoms with E-state index in [1.165, 1.54) is 5.56 Å². The zero-order valence-corrected chi connectivity index (χ0v) is 13.6. The molecule has 0 bridgehead atoms. The topological polar surface area (TPSA) is 50.7 Å². The number of H-pyrrole nitrogens is 1. The van der Waals surface area contributed by atoms with Gasteiger partial charge in [-0.25, -0.2) is 14.5 Å². The zero-order chi connectivity index (χ0) is 15.4. The van der Waals surface area contributed by atoms with Gasteiger partial charge >= 0.3 is 5.69 Å². The van der Waals surface area contributed by atoms with Crippen molar-refractivity contribution in [3.63, 3.8) is 0 Å². The first-order valence-electron chi connectivity index (χ1n) is 7.20. The minimum Gasteiger partial charge on any atom is -0.247 e. The summed E-state index contributed by atoms with van der Waals surface area (Å²) < 4.78 is 2.73. The second kappa shape index (κ2) is 6.75. The molecule has 0 atom stereocenters. The molecule has 1 heterocycles. The van der Waals surface area contributed by atoms with Crippen LogP contribution in [0, 0.1) is 0 Å². The molecular weight excluding hydrogens is 342 g/mol. The monoisotopic (exact) mass is 357 g/mol. The Bertz CT molecular complexity index is 791. The van der Waals surface area contributed by atoms with Crippen molar-refractivity contribution < 1.29 is 0 Å². The normalized spacial score (nSPS) is 10.8. The van der Waals surface area contributed by atoms with Gasteiger partial charge in [0, 0.05) is 10.9 Å². The molecule has 1 aromatic heterocycles. The van der Waals surface area contributed by atoms with Crippen LogP contribution in [0.4, 0.5) is 0 Å². The molecule has 0 amide bonds. The molecule has 4 nitrogen and oxygen atoms in total. The Morgan fingerprint density at radius 1 is 1.00 bits per heavy atom. The summed E-state index contributed by atoms with van der Waals surface area (Å²) in [7, 11) is 0. The number of aromatic nitrogens is 3. The number of benzene rings is 2. The Labute approximate surface area is 136 Å².